The van der Waals surface area contributed by atoms with E-state index in [0.717, 1.165) is 0 Å². The van der Waals surface area contributed by atoms with E-state index in [1.165, 1.54) is 12.1 Å². The lowest BCUT2D eigenvalue weighted by Gasteiger charge is -2.20. The molecule has 1 aromatic carbocycles. The van der Waals surface area contributed by atoms with Crippen LogP contribution in [-0.4, -0.2) is 10.2 Å². The molecule has 4 heteroatoms. The largest absolute Gasteiger partial charge is 0.506 e. The fourth-order valence-electron chi connectivity index (χ4n) is 1.05. The van der Waals surface area contributed by atoms with Crippen LogP contribution < -0.4 is 5.73 Å². The molecule has 0 saturated carbocycles. The smallest absolute Gasteiger partial charge is 0.139 e. The second kappa shape index (κ2) is 3.09. The van der Waals surface area contributed by atoms with Crippen LogP contribution in [0.4, 0.5) is 5.69 Å². The number of aliphatic hydroxyl groups is 1. The molecular formula is C9H12ClNO2. The van der Waals surface area contributed by atoms with E-state index in [1.54, 1.807) is 13.8 Å². The summed E-state index contributed by atoms with van der Waals surface area (Å²) in [7, 11) is 0. The van der Waals surface area contributed by atoms with Gasteiger partial charge in [0.05, 0.1) is 16.3 Å². The monoisotopic (exact) mass is 201 g/mol. The lowest BCUT2D eigenvalue weighted by atomic mass is 9.97. The average molecular weight is 202 g/mol. The van der Waals surface area contributed by atoms with Crippen LogP contribution in [0.2, 0.25) is 5.02 Å². The van der Waals surface area contributed by atoms with Gasteiger partial charge >= 0.3 is 0 Å². The second-order valence-corrected chi connectivity index (χ2v) is 3.86. The summed E-state index contributed by atoms with van der Waals surface area (Å²) in [5.74, 6) is -0.0713. The molecule has 72 valence electrons. The van der Waals surface area contributed by atoms with Crippen LogP contribution in [0.1, 0.15) is 19.4 Å². The van der Waals surface area contributed by atoms with Gasteiger partial charge < -0.3 is 15.9 Å². The first-order chi connectivity index (χ1) is 5.82. The van der Waals surface area contributed by atoms with Gasteiger partial charge in [-0.25, -0.2) is 0 Å². The zero-order valence-corrected chi connectivity index (χ0v) is 8.26. The summed E-state index contributed by atoms with van der Waals surface area (Å²) < 4.78 is 0. The Morgan fingerprint density at radius 2 is 1.92 bits per heavy atom. The molecule has 0 spiro atoms. The van der Waals surface area contributed by atoms with Crippen molar-refractivity contribution in [2.75, 3.05) is 5.73 Å². The number of phenols is 1. The molecule has 0 atom stereocenters. The van der Waals surface area contributed by atoms with Crippen LogP contribution in [-0.2, 0) is 5.60 Å². The third-order valence-corrected chi connectivity index (χ3v) is 2.09. The van der Waals surface area contributed by atoms with Gasteiger partial charge in [0.1, 0.15) is 5.75 Å². The molecule has 0 amide bonds. The Labute approximate surface area is 81.8 Å². The number of rotatable bonds is 1. The maximum absolute atomic E-state index is 9.66. The highest BCUT2D eigenvalue weighted by molar-refractivity contribution is 6.31. The summed E-state index contributed by atoms with van der Waals surface area (Å²) in [5, 5.41) is 19.2. The van der Waals surface area contributed by atoms with Crippen LogP contribution in [0.5, 0.6) is 5.75 Å². The Hall–Kier alpha value is -0.930. The Kier molecular flexibility index (Phi) is 2.41. The predicted molar refractivity (Wildman–Crippen MR) is 52.8 cm³/mol. The first-order valence-corrected chi connectivity index (χ1v) is 4.21. The number of hydrogen-bond donors (Lipinski definition) is 3. The number of nitrogens with two attached hydrogens (primary N) is 1. The lowest BCUT2D eigenvalue weighted by Crippen LogP contribution is -2.16. The topological polar surface area (TPSA) is 66.5 Å². The van der Waals surface area contributed by atoms with E-state index < -0.39 is 5.60 Å². The Balaban J connectivity index is 3.32. The second-order valence-electron chi connectivity index (χ2n) is 3.45. The summed E-state index contributed by atoms with van der Waals surface area (Å²) >= 11 is 5.81. The highest BCUT2D eigenvalue weighted by atomic mass is 35.5. The molecule has 13 heavy (non-hydrogen) atoms. The van der Waals surface area contributed by atoms with Crippen LogP contribution >= 0.6 is 11.6 Å². The number of anilines is 1. The van der Waals surface area contributed by atoms with Gasteiger partial charge in [-0.2, -0.15) is 0 Å². The summed E-state index contributed by atoms with van der Waals surface area (Å²) in [6.45, 7) is 3.20. The van der Waals surface area contributed by atoms with E-state index in [9.17, 15) is 10.2 Å². The maximum atomic E-state index is 9.66. The van der Waals surface area contributed by atoms with Crippen molar-refractivity contribution in [3.63, 3.8) is 0 Å². The minimum absolute atomic E-state index is 0.0713. The van der Waals surface area contributed by atoms with E-state index in [2.05, 4.69) is 0 Å². The number of phenolic OH excluding ortho intramolecular Hbond substituents is 1. The minimum Gasteiger partial charge on any atom is -0.506 e. The van der Waals surface area contributed by atoms with Gasteiger partial charge in [0, 0.05) is 11.6 Å². The highest BCUT2D eigenvalue weighted by Gasteiger charge is 2.20. The molecule has 0 saturated heterocycles. The first kappa shape index (κ1) is 10.2. The zero-order valence-electron chi connectivity index (χ0n) is 7.50. The van der Waals surface area contributed by atoms with Crippen LogP contribution in [0, 0.1) is 0 Å². The first-order valence-electron chi connectivity index (χ1n) is 3.83. The molecule has 4 N–H and O–H groups in total. The molecule has 0 bridgehead atoms. The summed E-state index contributed by atoms with van der Waals surface area (Å²) in [5.41, 5.74) is 5.12. The SMILES string of the molecule is CC(C)(O)c1cc(N)c(O)cc1Cl. The van der Waals surface area contributed by atoms with Crippen molar-refractivity contribution in [3.8, 4) is 5.75 Å². The number of benzene rings is 1. The third-order valence-electron chi connectivity index (χ3n) is 1.78. The highest BCUT2D eigenvalue weighted by Crippen LogP contribution is 2.34. The number of nitrogen functional groups attached to an aromatic ring is 1. The van der Waals surface area contributed by atoms with Gasteiger partial charge in [0.25, 0.3) is 0 Å². The summed E-state index contributed by atoms with van der Waals surface area (Å²) in [4.78, 5) is 0. The molecule has 0 fully saturated rings. The molecule has 1 rings (SSSR count). The molecule has 0 aromatic heterocycles. The Morgan fingerprint density at radius 3 is 2.38 bits per heavy atom. The van der Waals surface area contributed by atoms with E-state index in [-0.39, 0.29) is 11.4 Å². The molecule has 0 aliphatic rings. The van der Waals surface area contributed by atoms with Crippen molar-refractivity contribution >= 4 is 17.3 Å². The van der Waals surface area contributed by atoms with Crippen LogP contribution in [0.3, 0.4) is 0 Å². The fourth-order valence-corrected chi connectivity index (χ4v) is 1.44. The number of halogens is 1. The van der Waals surface area contributed by atoms with Crippen molar-refractivity contribution in [3.05, 3.63) is 22.7 Å². The molecule has 0 aliphatic heterocycles. The van der Waals surface area contributed by atoms with Crippen LogP contribution in [0.25, 0.3) is 0 Å². The zero-order chi connectivity index (χ0) is 10.2. The normalized spacial score (nSPS) is 11.7. The van der Waals surface area contributed by atoms with E-state index in [1.807, 2.05) is 0 Å². The number of hydrogen-bond acceptors (Lipinski definition) is 3. The molecule has 0 aliphatic carbocycles. The average Bonchev–Trinajstić information content (AvgIpc) is 1.94. The molecule has 0 unspecified atom stereocenters. The predicted octanol–water partition coefficient (Wildman–Crippen LogP) is 1.86. The van der Waals surface area contributed by atoms with Gasteiger partial charge in [-0.05, 0) is 19.9 Å². The van der Waals surface area contributed by atoms with Crippen LogP contribution in [0.15, 0.2) is 12.1 Å². The molecule has 0 heterocycles. The summed E-state index contributed by atoms with van der Waals surface area (Å²) in [6.07, 6.45) is 0. The molecule has 1 aromatic rings. The van der Waals surface area contributed by atoms with E-state index >= 15 is 0 Å². The third kappa shape index (κ3) is 2.05. The molecule has 0 radical (unpaired) electrons. The number of aromatic hydroxyl groups is 1. The standard InChI is InChI=1S/C9H12ClNO2/c1-9(2,13)5-3-7(11)8(12)4-6(5)10/h3-4,12-13H,11H2,1-2H3. The van der Waals surface area contributed by atoms with E-state index in [4.69, 9.17) is 17.3 Å². The maximum Gasteiger partial charge on any atom is 0.139 e. The quantitative estimate of drug-likeness (QED) is 0.480. The van der Waals surface area contributed by atoms with Gasteiger partial charge in [-0.1, -0.05) is 11.6 Å². The minimum atomic E-state index is -1.06. The summed E-state index contributed by atoms with van der Waals surface area (Å²) in [6, 6.07) is 2.79. The van der Waals surface area contributed by atoms with Crippen molar-refractivity contribution < 1.29 is 10.2 Å². The molecular weight excluding hydrogens is 190 g/mol. The van der Waals surface area contributed by atoms with Crippen molar-refractivity contribution in [2.24, 2.45) is 0 Å². The van der Waals surface area contributed by atoms with Crippen molar-refractivity contribution in [1.29, 1.82) is 0 Å². The molecule has 3 nitrogen and oxygen atoms in total. The fraction of sp³-hybridized carbons (Fsp3) is 0.333. The van der Waals surface area contributed by atoms with E-state index in [0.29, 0.717) is 10.6 Å². The Bertz CT molecular complexity index is 331. The van der Waals surface area contributed by atoms with Gasteiger partial charge in [-0.3, -0.25) is 0 Å². The van der Waals surface area contributed by atoms with Gasteiger partial charge in [0.2, 0.25) is 0 Å². The van der Waals surface area contributed by atoms with Gasteiger partial charge in [0.15, 0.2) is 0 Å². The van der Waals surface area contributed by atoms with Crippen molar-refractivity contribution in [2.45, 2.75) is 19.4 Å². The Morgan fingerprint density at radius 1 is 1.38 bits per heavy atom. The van der Waals surface area contributed by atoms with Gasteiger partial charge in [-0.15, -0.1) is 0 Å². The lowest BCUT2D eigenvalue weighted by molar-refractivity contribution is 0.0787. The van der Waals surface area contributed by atoms with Crippen molar-refractivity contribution in [1.82, 2.24) is 0 Å².